The van der Waals surface area contributed by atoms with Crippen LogP contribution in [0.1, 0.15) is 44.1 Å². The third kappa shape index (κ3) is 13.3. The first-order valence-electron chi connectivity index (χ1n) is 12.6. The molecule has 0 aromatic heterocycles. The second kappa shape index (κ2) is 18.0. The number of primary amides is 1. The van der Waals surface area contributed by atoms with Crippen LogP contribution in [0.2, 0.25) is 0 Å². The number of nitrogens with one attached hydrogen (secondary N) is 3. The van der Waals surface area contributed by atoms with Gasteiger partial charge in [0.15, 0.2) is 0 Å². The van der Waals surface area contributed by atoms with Crippen LogP contribution in [-0.2, 0) is 30.4 Å². The highest BCUT2D eigenvalue weighted by Gasteiger charge is 2.30. The molecule has 0 aliphatic heterocycles. The summed E-state index contributed by atoms with van der Waals surface area (Å²) in [5, 5.41) is 26.6. The Balaban J connectivity index is 3.12. The SMILES string of the molecule is CSCCC(NC(=O)C(Cc1ccc(O)cc1)NC(=O)C(CCC(N)=O)NC(=O)C(N)CCCCN)C(=O)O. The van der Waals surface area contributed by atoms with Gasteiger partial charge in [0.1, 0.15) is 23.9 Å². The predicted octanol–water partition coefficient (Wildman–Crippen LogP) is -1.05. The van der Waals surface area contributed by atoms with Crippen LogP contribution >= 0.6 is 11.8 Å². The quantitative estimate of drug-likeness (QED) is 0.0941. The molecule has 0 saturated heterocycles. The van der Waals surface area contributed by atoms with E-state index >= 15 is 0 Å². The van der Waals surface area contributed by atoms with Crippen molar-refractivity contribution >= 4 is 41.4 Å². The van der Waals surface area contributed by atoms with Crippen molar-refractivity contribution in [2.45, 2.75) is 69.1 Å². The number of carboxylic acid groups (broad SMARTS) is 1. The number of phenols is 1. The number of carboxylic acids is 1. The van der Waals surface area contributed by atoms with Gasteiger partial charge in [0, 0.05) is 12.8 Å². The Labute approximate surface area is 232 Å². The van der Waals surface area contributed by atoms with E-state index in [9.17, 15) is 34.2 Å². The van der Waals surface area contributed by atoms with E-state index in [4.69, 9.17) is 17.2 Å². The fourth-order valence-corrected chi connectivity index (χ4v) is 4.06. The molecule has 218 valence electrons. The second-order valence-electron chi connectivity index (χ2n) is 9.07. The first-order valence-corrected chi connectivity index (χ1v) is 14.0. The number of aliphatic carboxylic acids is 1. The number of benzene rings is 1. The van der Waals surface area contributed by atoms with E-state index in [1.807, 2.05) is 0 Å². The summed E-state index contributed by atoms with van der Waals surface area (Å²) in [5.74, 6) is -3.55. The first-order chi connectivity index (χ1) is 18.5. The third-order valence-corrected chi connectivity index (χ3v) is 6.50. The van der Waals surface area contributed by atoms with E-state index in [0.717, 1.165) is 0 Å². The summed E-state index contributed by atoms with van der Waals surface area (Å²) in [7, 11) is 0. The monoisotopic (exact) mass is 568 g/mol. The number of carbonyl (C=O) groups is 5. The van der Waals surface area contributed by atoms with Crippen molar-refractivity contribution in [3.63, 3.8) is 0 Å². The predicted molar refractivity (Wildman–Crippen MR) is 148 cm³/mol. The van der Waals surface area contributed by atoms with Gasteiger partial charge in [0.25, 0.3) is 0 Å². The van der Waals surface area contributed by atoms with Crippen molar-refractivity contribution in [1.29, 1.82) is 0 Å². The molecule has 11 N–H and O–H groups in total. The van der Waals surface area contributed by atoms with Crippen LogP contribution < -0.4 is 33.2 Å². The highest BCUT2D eigenvalue weighted by molar-refractivity contribution is 7.98. The summed E-state index contributed by atoms with van der Waals surface area (Å²) in [6, 6.07) is 1.37. The third-order valence-electron chi connectivity index (χ3n) is 5.85. The number of rotatable bonds is 19. The van der Waals surface area contributed by atoms with Gasteiger partial charge in [0.05, 0.1) is 6.04 Å². The van der Waals surface area contributed by atoms with E-state index in [1.54, 1.807) is 18.4 Å². The number of aromatic hydroxyl groups is 1. The van der Waals surface area contributed by atoms with Gasteiger partial charge in [-0.1, -0.05) is 18.6 Å². The molecular formula is C25H40N6O7S. The van der Waals surface area contributed by atoms with Crippen molar-refractivity contribution in [3.05, 3.63) is 29.8 Å². The van der Waals surface area contributed by atoms with Crippen molar-refractivity contribution in [2.24, 2.45) is 17.2 Å². The lowest BCUT2D eigenvalue weighted by atomic mass is 10.0. The fourth-order valence-electron chi connectivity index (χ4n) is 3.59. The topological polar surface area (TPSA) is 240 Å². The van der Waals surface area contributed by atoms with Crippen LogP contribution in [0.3, 0.4) is 0 Å². The zero-order valence-electron chi connectivity index (χ0n) is 22.1. The Morgan fingerprint density at radius 3 is 2.03 bits per heavy atom. The molecule has 1 aromatic rings. The van der Waals surface area contributed by atoms with Crippen LogP contribution in [0.25, 0.3) is 0 Å². The molecule has 14 heteroatoms. The van der Waals surface area contributed by atoms with Gasteiger partial charge in [-0.15, -0.1) is 0 Å². The summed E-state index contributed by atoms with van der Waals surface area (Å²) in [4.78, 5) is 62.1. The number of carbonyl (C=O) groups excluding carboxylic acids is 4. The van der Waals surface area contributed by atoms with E-state index in [2.05, 4.69) is 16.0 Å². The molecule has 0 saturated carbocycles. The summed E-state index contributed by atoms with van der Waals surface area (Å²) in [6.07, 6.45) is 3.20. The number of unbranched alkanes of at least 4 members (excludes halogenated alkanes) is 1. The van der Waals surface area contributed by atoms with Crippen LogP contribution in [0.4, 0.5) is 0 Å². The Morgan fingerprint density at radius 2 is 1.46 bits per heavy atom. The van der Waals surface area contributed by atoms with Gasteiger partial charge < -0.3 is 43.4 Å². The van der Waals surface area contributed by atoms with Gasteiger partial charge in [-0.3, -0.25) is 19.2 Å². The lowest BCUT2D eigenvalue weighted by molar-refractivity contribution is -0.142. The van der Waals surface area contributed by atoms with Crippen molar-refractivity contribution in [3.8, 4) is 5.75 Å². The van der Waals surface area contributed by atoms with Gasteiger partial charge >= 0.3 is 5.97 Å². The van der Waals surface area contributed by atoms with Crippen LogP contribution in [0.15, 0.2) is 24.3 Å². The average Bonchev–Trinajstić information content (AvgIpc) is 2.89. The molecule has 4 amide bonds. The van der Waals surface area contributed by atoms with Gasteiger partial charge in [-0.05, 0) is 61.9 Å². The highest BCUT2D eigenvalue weighted by Crippen LogP contribution is 2.13. The molecule has 1 aromatic carbocycles. The molecule has 0 aliphatic rings. The maximum atomic E-state index is 13.3. The molecule has 0 heterocycles. The number of hydrogen-bond acceptors (Lipinski definition) is 9. The Hall–Kier alpha value is -3.36. The number of nitrogens with two attached hydrogens (primary N) is 3. The first kappa shape index (κ1) is 33.7. The fraction of sp³-hybridized carbons (Fsp3) is 0.560. The summed E-state index contributed by atoms with van der Waals surface area (Å²) >= 11 is 1.42. The van der Waals surface area contributed by atoms with Crippen molar-refractivity contribution < 1.29 is 34.2 Å². The standard InChI is InChI=1S/C25H40N6O7S/c1-39-13-11-19(25(37)38)30-24(36)20(14-15-5-7-16(32)8-6-15)31-23(35)18(9-10-21(28)33)29-22(34)17(27)4-2-3-12-26/h5-8,17-20,32H,2-4,9-14,26-27H2,1H3,(H2,28,33)(H,29,34)(H,30,36)(H,31,35)(H,37,38). The zero-order chi connectivity index (χ0) is 29.4. The van der Waals surface area contributed by atoms with Crippen molar-refractivity contribution in [2.75, 3.05) is 18.6 Å². The Bertz CT molecular complexity index is 963. The summed E-state index contributed by atoms with van der Waals surface area (Å²) in [5.41, 5.74) is 17.2. The van der Waals surface area contributed by atoms with Crippen molar-refractivity contribution in [1.82, 2.24) is 16.0 Å². The van der Waals surface area contributed by atoms with Gasteiger partial charge in [-0.25, -0.2) is 4.79 Å². The molecule has 0 radical (unpaired) electrons. The van der Waals surface area contributed by atoms with Crippen LogP contribution in [0, 0.1) is 0 Å². The molecular weight excluding hydrogens is 528 g/mol. The lowest BCUT2D eigenvalue weighted by Crippen LogP contribution is -2.57. The smallest absolute Gasteiger partial charge is 0.326 e. The Kier molecular flexibility index (Phi) is 15.6. The number of amides is 4. The molecule has 0 spiro atoms. The van der Waals surface area contributed by atoms with Gasteiger partial charge in [-0.2, -0.15) is 11.8 Å². The lowest BCUT2D eigenvalue weighted by Gasteiger charge is -2.25. The summed E-state index contributed by atoms with van der Waals surface area (Å²) < 4.78 is 0. The normalized spacial score (nSPS) is 13.9. The largest absolute Gasteiger partial charge is 0.508 e. The van der Waals surface area contributed by atoms with Crippen LogP contribution in [0.5, 0.6) is 5.75 Å². The summed E-state index contributed by atoms with van der Waals surface area (Å²) in [6.45, 7) is 0.447. The second-order valence-corrected chi connectivity index (χ2v) is 10.1. The van der Waals surface area contributed by atoms with E-state index in [-0.39, 0.29) is 31.4 Å². The molecule has 0 fully saturated rings. The Morgan fingerprint density at radius 1 is 0.872 bits per heavy atom. The average molecular weight is 569 g/mol. The minimum atomic E-state index is -1.23. The minimum Gasteiger partial charge on any atom is -0.508 e. The molecule has 0 aliphatic carbocycles. The molecule has 0 bridgehead atoms. The highest BCUT2D eigenvalue weighted by atomic mass is 32.2. The number of hydrogen-bond donors (Lipinski definition) is 8. The molecule has 39 heavy (non-hydrogen) atoms. The zero-order valence-corrected chi connectivity index (χ0v) is 22.9. The molecule has 13 nitrogen and oxygen atoms in total. The molecule has 1 rings (SSSR count). The molecule has 4 atom stereocenters. The van der Waals surface area contributed by atoms with Gasteiger partial charge in [0.2, 0.25) is 23.6 Å². The maximum absolute atomic E-state index is 13.3. The van der Waals surface area contributed by atoms with Crippen LogP contribution in [-0.4, -0.2) is 82.5 Å². The maximum Gasteiger partial charge on any atom is 0.326 e. The minimum absolute atomic E-state index is 0.00354. The van der Waals surface area contributed by atoms with E-state index in [1.165, 1.54) is 23.9 Å². The van der Waals surface area contributed by atoms with E-state index in [0.29, 0.717) is 37.1 Å². The van der Waals surface area contributed by atoms with E-state index < -0.39 is 53.8 Å². The number of phenolic OH excluding ortho intramolecular Hbond substituents is 1. The number of thioether (sulfide) groups is 1. The molecule has 4 unspecified atom stereocenters.